The van der Waals surface area contributed by atoms with Crippen LogP contribution in [0.25, 0.3) is 0 Å². The van der Waals surface area contributed by atoms with Crippen LogP contribution in [0.4, 0.5) is 26.3 Å². The van der Waals surface area contributed by atoms with Gasteiger partial charge in [0, 0.05) is 22.1 Å². The number of pyridine rings is 1. The Morgan fingerprint density at radius 2 is 1.76 bits per heavy atom. The van der Waals surface area contributed by atoms with Gasteiger partial charge in [-0.15, -0.1) is 13.2 Å². The summed E-state index contributed by atoms with van der Waals surface area (Å²) in [6, 6.07) is -0.186. The maximum absolute atomic E-state index is 12.8. The van der Waals surface area contributed by atoms with Crippen molar-refractivity contribution in [2.45, 2.75) is 22.8 Å². The van der Waals surface area contributed by atoms with Gasteiger partial charge in [-0.1, -0.05) is 15.9 Å². The lowest BCUT2D eigenvalue weighted by atomic mass is 10.2. The summed E-state index contributed by atoms with van der Waals surface area (Å²) in [6.45, 7) is 0. The van der Waals surface area contributed by atoms with Crippen molar-refractivity contribution in [3.8, 4) is 5.88 Å². The van der Waals surface area contributed by atoms with Gasteiger partial charge in [0.1, 0.15) is 4.90 Å². The molecular weight excluding hydrogens is 420 g/mol. The molecule has 0 unspecified atom stereocenters. The summed E-state index contributed by atoms with van der Waals surface area (Å²) in [5.74, 6) is -1.45. The van der Waals surface area contributed by atoms with Gasteiger partial charge < -0.3 is 4.74 Å². The van der Waals surface area contributed by atoms with E-state index in [2.05, 4.69) is 25.7 Å². The standard InChI is InChI=1S/C8H3BrClF6NO3S/c9-2-4-6(21(10,18)19)3(7(11,12)13)1-5(17-4)20-8(14,15)16/h1H,2H2. The van der Waals surface area contributed by atoms with Crippen LogP contribution in [-0.4, -0.2) is 19.8 Å². The summed E-state index contributed by atoms with van der Waals surface area (Å²) in [4.78, 5) is 1.64. The topological polar surface area (TPSA) is 56.3 Å². The molecule has 0 fully saturated rings. The molecule has 0 aromatic carbocycles. The molecule has 4 nitrogen and oxygen atoms in total. The van der Waals surface area contributed by atoms with Crippen LogP contribution >= 0.6 is 26.6 Å². The fourth-order valence-electron chi connectivity index (χ4n) is 1.30. The third-order valence-electron chi connectivity index (χ3n) is 1.92. The fourth-order valence-corrected chi connectivity index (χ4v) is 3.25. The molecule has 0 radical (unpaired) electrons. The van der Waals surface area contributed by atoms with Gasteiger partial charge in [0.25, 0.3) is 9.05 Å². The van der Waals surface area contributed by atoms with Crippen molar-refractivity contribution in [1.82, 2.24) is 4.98 Å². The lowest BCUT2D eigenvalue weighted by Gasteiger charge is -2.16. The van der Waals surface area contributed by atoms with Crippen molar-refractivity contribution in [3.05, 3.63) is 17.3 Å². The Balaban J connectivity index is 3.67. The average Bonchev–Trinajstić information content (AvgIpc) is 2.22. The molecule has 0 aliphatic carbocycles. The number of rotatable bonds is 3. The fraction of sp³-hybridized carbons (Fsp3) is 0.375. The molecule has 1 aromatic heterocycles. The number of alkyl halides is 7. The van der Waals surface area contributed by atoms with Crippen molar-refractivity contribution in [3.63, 3.8) is 0 Å². The normalized spacial score (nSPS) is 13.3. The van der Waals surface area contributed by atoms with E-state index in [-0.39, 0.29) is 6.07 Å². The molecule has 0 spiro atoms. The molecular formula is C8H3BrClF6NO3S. The van der Waals surface area contributed by atoms with Crippen LogP contribution in [-0.2, 0) is 20.6 Å². The van der Waals surface area contributed by atoms with Crippen LogP contribution in [0.3, 0.4) is 0 Å². The van der Waals surface area contributed by atoms with E-state index in [0.29, 0.717) is 0 Å². The molecule has 120 valence electrons. The summed E-state index contributed by atoms with van der Waals surface area (Å²) in [5.41, 5.74) is -2.76. The Hall–Kier alpha value is -0.750. The number of nitrogens with zero attached hydrogens (tertiary/aromatic N) is 1. The second-order valence-electron chi connectivity index (χ2n) is 3.40. The van der Waals surface area contributed by atoms with Crippen LogP contribution in [0.2, 0.25) is 0 Å². The highest BCUT2D eigenvalue weighted by atomic mass is 79.9. The number of hydrogen-bond donors (Lipinski definition) is 0. The van der Waals surface area contributed by atoms with Crippen molar-refractivity contribution in [2.75, 3.05) is 0 Å². The Morgan fingerprint density at radius 3 is 2.10 bits per heavy atom. The zero-order valence-corrected chi connectivity index (χ0v) is 12.5. The van der Waals surface area contributed by atoms with Gasteiger partial charge in [0.05, 0.1) is 11.3 Å². The summed E-state index contributed by atoms with van der Waals surface area (Å²) in [7, 11) is -0.00945. The summed E-state index contributed by atoms with van der Waals surface area (Å²) in [6.07, 6.45) is -10.6. The minimum Gasteiger partial charge on any atom is -0.388 e. The molecule has 0 N–H and O–H groups in total. The van der Waals surface area contributed by atoms with Crippen molar-refractivity contribution >= 4 is 35.7 Å². The summed E-state index contributed by atoms with van der Waals surface area (Å²) < 4.78 is 100. The minimum absolute atomic E-state index is 0.186. The monoisotopic (exact) mass is 421 g/mol. The lowest BCUT2D eigenvalue weighted by molar-refractivity contribution is -0.276. The predicted octanol–water partition coefficient (Wildman–Crippen LogP) is 3.82. The first-order valence-corrected chi connectivity index (χ1v) is 8.06. The molecule has 1 aromatic rings. The maximum Gasteiger partial charge on any atom is 0.574 e. The maximum atomic E-state index is 12.8. The Morgan fingerprint density at radius 1 is 1.24 bits per heavy atom. The molecule has 0 amide bonds. The van der Waals surface area contributed by atoms with Gasteiger partial charge in [-0.05, 0) is 0 Å². The van der Waals surface area contributed by atoms with Gasteiger partial charge >= 0.3 is 12.5 Å². The number of hydrogen-bond acceptors (Lipinski definition) is 4. The van der Waals surface area contributed by atoms with Gasteiger partial charge in [0.15, 0.2) is 0 Å². The third-order valence-corrected chi connectivity index (χ3v) is 3.85. The Kier molecular flexibility index (Phi) is 5.05. The molecule has 0 saturated carbocycles. The van der Waals surface area contributed by atoms with Crippen LogP contribution < -0.4 is 4.74 Å². The molecule has 0 bridgehead atoms. The molecule has 1 heterocycles. The van der Waals surface area contributed by atoms with Gasteiger partial charge in [-0.2, -0.15) is 13.2 Å². The average molecular weight is 423 g/mol. The van der Waals surface area contributed by atoms with E-state index >= 15 is 0 Å². The minimum atomic E-state index is -5.29. The number of halogens is 8. The molecule has 0 atom stereocenters. The summed E-state index contributed by atoms with van der Waals surface area (Å²) in [5, 5.41) is -0.591. The second kappa shape index (κ2) is 5.80. The van der Waals surface area contributed by atoms with E-state index in [4.69, 9.17) is 10.7 Å². The van der Waals surface area contributed by atoms with Crippen LogP contribution in [0, 0.1) is 0 Å². The lowest BCUT2D eigenvalue weighted by Crippen LogP contribution is -2.20. The highest BCUT2D eigenvalue weighted by Crippen LogP contribution is 2.39. The highest BCUT2D eigenvalue weighted by molar-refractivity contribution is 9.08. The smallest absolute Gasteiger partial charge is 0.388 e. The molecule has 0 aliphatic rings. The molecule has 21 heavy (non-hydrogen) atoms. The first kappa shape index (κ1) is 18.3. The summed E-state index contributed by atoms with van der Waals surface area (Å²) >= 11 is 2.63. The zero-order chi connectivity index (χ0) is 16.6. The molecule has 0 saturated heterocycles. The highest BCUT2D eigenvalue weighted by Gasteiger charge is 2.41. The van der Waals surface area contributed by atoms with Gasteiger partial charge in [-0.25, -0.2) is 13.4 Å². The van der Waals surface area contributed by atoms with Gasteiger partial charge in [0.2, 0.25) is 5.88 Å². The SMILES string of the molecule is O=S(=O)(Cl)c1c(C(F)(F)F)cc(OC(F)(F)F)nc1CBr. The Bertz CT molecular complexity index is 645. The van der Waals surface area contributed by atoms with Gasteiger partial charge in [-0.3, -0.25) is 0 Å². The largest absolute Gasteiger partial charge is 0.574 e. The Labute approximate surface area is 126 Å². The first-order valence-electron chi connectivity index (χ1n) is 4.63. The van der Waals surface area contributed by atoms with Crippen molar-refractivity contribution in [1.29, 1.82) is 0 Å². The second-order valence-corrected chi connectivity index (χ2v) is 6.46. The molecule has 13 heteroatoms. The van der Waals surface area contributed by atoms with Crippen molar-refractivity contribution in [2.24, 2.45) is 0 Å². The van der Waals surface area contributed by atoms with E-state index < -0.39 is 49.0 Å². The van der Waals surface area contributed by atoms with E-state index in [0.717, 1.165) is 0 Å². The number of aromatic nitrogens is 1. The molecule has 0 aliphatic heterocycles. The van der Waals surface area contributed by atoms with E-state index in [1.165, 1.54) is 0 Å². The van der Waals surface area contributed by atoms with E-state index in [9.17, 15) is 34.8 Å². The van der Waals surface area contributed by atoms with Crippen LogP contribution in [0.1, 0.15) is 11.3 Å². The van der Waals surface area contributed by atoms with Crippen LogP contribution in [0.15, 0.2) is 11.0 Å². The van der Waals surface area contributed by atoms with Crippen molar-refractivity contribution < 1.29 is 39.5 Å². The molecule has 1 rings (SSSR count). The van der Waals surface area contributed by atoms with E-state index in [1.54, 1.807) is 0 Å². The first-order chi connectivity index (χ1) is 9.25. The number of ether oxygens (including phenoxy) is 1. The van der Waals surface area contributed by atoms with Crippen LogP contribution in [0.5, 0.6) is 5.88 Å². The quantitative estimate of drug-likeness (QED) is 0.422. The predicted molar refractivity (Wildman–Crippen MR) is 61.6 cm³/mol. The van der Waals surface area contributed by atoms with E-state index in [1.807, 2.05) is 0 Å². The zero-order valence-electron chi connectivity index (χ0n) is 9.39. The third kappa shape index (κ3) is 4.88.